The SMILES string of the molecule is O=C(C[C@H]1C[C@@H](CBr)OC(=O)O1)OCc1ccccc1. The second-order valence-corrected chi connectivity index (χ2v) is 5.12. The molecule has 2 atom stereocenters. The summed E-state index contributed by atoms with van der Waals surface area (Å²) in [5.74, 6) is -0.387. The van der Waals surface area contributed by atoms with Gasteiger partial charge in [-0.2, -0.15) is 0 Å². The van der Waals surface area contributed by atoms with E-state index in [-0.39, 0.29) is 25.1 Å². The topological polar surface area (TPSA) is 61.8 Å². The number of carbonyl (C=O) groups excluding carboxylic acids is 2. The van der Waals surface area contributed by atoms with Crippen LogP contribution < -0.4 is 0 Å². The third-order valence-electron chi connectivity index (χ3n) is 2.86. The zero-order valence-electron chi connectivity index (χ0n) is 10.8. The molecule has 0 aromatic heterocycles. The van der Waals surface area contributed by atoms with Crippen LogP contribution in [0.2, 0.25) is 0 Å². The molecule has 0 N–H and O–H groups in total. The molecule has 1 saturated heterocycles. The van der Waals surface area contributed by atoms with Gasteiger partial charge in [-0.3, -0.25) is 4.79 Å². The molecule has 1 aliphatic rings. The molecule has 0 spiro atoms. The third kappa shape index (κ3) is 4.52. The van der Waals surface area contributed by atoms with Gasteiger partial charge in [-0.05, 0) is 5.56 Å². The number of alkyl halides is 1. The van der Waals surface area contributed by atoms with Gasteiger partial charge in [-0.1, -0.05) is 46.3 Å². The van der Waals surface area contributed by atoms with Crippen LogP contribution in [0.15, 0.2) is 30.3 Å². The highest BCUT2D eigenvalue weighted by atomic mass is 79.9. The maximum Gasteiger partial charge on any atom is 0.508 e. The van der Waals surface area contributed by atoms with Gasteiger partial charge in [0.25, 0.3) is 0 Å². The van der Waals surface area contributed by atoms with E-state index in [1.807, 2.05) is 30.3 Å². The first-order valence-corrected chi connectivity index (χ1v) is 7.42. The molecule has 0 saturated carbocycles. The molecule has 0 aliphatic carbocycles. The average molecular weight is 343 g/mol. The maximum atomic E-state index is 11.7. The van der Waals surface area contributed by atoms with Crippen LogP contribution in [0.4, 0.5) is 4.79 Å². The first kappa shape index (κ1) is 14.8. The van der Waals surface area contributed by atoms with E-state index in [1.165, 1.54) is 0 Å². The van der Waals surface area contributed by atoms with Crippen LogP contribution in [0, 0.1) is 0 Å². The minimum Gasteiger partial charge on any atom is -0.461 e. The highest BCUT2D eigenvalue weighted by Gasteiger charge is 2.31. The number of halogens is 1. The van der Waals surface area contributed by atoms with Crippen molar-refractivity contribution in [1.29, 1.82) is 0 Å². The van der Waals surface area contributed by atoms with E-state index in [1.54, 1.807) is 0 Å². The van der Waals surface area contributed by atoms with Crippen LogP contribution in [-0.4, -0.2) is 29.7 Å². The van der Waals surface area contributed by atoms with Gasteiger partial charge in [0.1, 0.15) is 18.8 Å². The van der Waals surface area contributed by atoms with E-state index in [0.717, 1.165) is 5.56 Å². The molecule has 1 heterocycles. The summed E-state index contributed by atoms with van der Waals surface area (Å²) in [6.45, 7) is 0.221. The van der Waals surface area contributed by atoms with Crippen LogP contribution >= 0.6 is 15.9 Å². The normalized spacial score (nSPS) is 21.8. The Morgan fingerprint density at radius 1 is 1.25 bits per heavy atom. The smallest absolute Gasteiger partial charge is 0.461 e. The second kappa shape index (κ2) is 7.28. The van der Waals surface area contributed by atoms with E-state index in [4.69, 9.17) is 14.2 Å². The van der Waals surface area contributed by atoms with E-state index < -0.39 is 12.3 Å². The zero-order valence-corrected chi connectivity index (χ0v) is 12.4. The lowest BCUT2D eigenvalue weighted by Gasteiger charge is -2.27. The van der Waals surface area contributed by atoms with Crippen molar-refractivity contribution in [3.8, 4) is 0 Å². The van der Waals surface area contributed by atoms with Gasteiger partial charge in [-0.15, -0.1) is 0 Å². The predicted molar refractivity (Wildman–Crippen MR) is 74.4 cm³/mol. The standard InChI is InChI=1S/C14H15BrO5/c15-8-12-6-11(19-14(17)20-12)7-13(16)18-9-10-4-2-1-3-5-10/h1-5,11-12H,6-9H2/t11-,12+/m1/s1. The number of esters is 1. The Hall–Kier alpha value is -1.56. The van der Waals surface area contributed by atoms with Gasteiger partial charge >= 0.3 is 12.1 Å². The van der Waals surface area contributed by atoms with Crippen LogP contribution in [-0.2, 0) is 25.6 Å². The Balaban J connectivity index is 1.78. The Bertz CT molecular complexity index is 462. The largest absolute Gasteiger partial charge is 0.508 e. The fourth-order valence-electron chi connectivity index (χ4n) is 1.89. The summed E-state index contributed by atoms with van der Waals surface area (Å²) in [5.41, 5.74) is 0.920. The lowest BCUT2D eigenvalue weighted by atomic mass is 10.1. The molecule has 1 aliphatic heterocycles. The van der Waals surface area contributed by atoms with E-state index >= 15 is 0 Å². The number of benzene rings is 1. The molecular formula is C14H15BrO5. The number of hydrogen-bond donors (Lipinski definition) is 0. The van der Waals surface area contributed by atoms with Crippen molar-refractivity contribution in [2.24, 2.45) is 0 Å². The molecule has 1 aromatic carbocycles. The Labute approximate surface area is 125 Å². The highest BCUT2D eigenvalue weighted by molar-refractivity contribution is 9.09. The minimum absolute atomic E-state index is 0.0471. The molecule has 0 bridgehead atoms. The van der Waals surface area contributed by atoms with E-state index in [0.29, 0.717) is 11.8 Å². The van der Waals surface area contributed by atoms with Gasteiger partial charge in [0, 0.05) is 11.8 Å². The summed E-state index contributed by atoms with van der Waals surface area (Å²) < 4.78 is 15.0. The van der Waals surface area contributed by atoms with E-state index in [9.17, 15) is 9.59 Å². The Morgan fingerprint density at radius 2 is 1.95 bits per heavy atom. The van der Waals surface area contributed by atoms with Gasteiger partial charge in [-0.25, -0.2) is 4.79 Å². The van der Waals surface area contributed by atoms with Crippen LogP contribution in [0.5, 0.6) is 0 Å². The number of cyclic esters (lactones) is 2. The number of hydrogen-bond acceptors (Lipinski definition) is 5. The van der Waals surface area contributed by atoms with Crippen LogP contribution in [0.25, 0.3) is 0 Å². The summed E-state index contributed by atoms with van der Waals surface area (Å²) in [6.07, 6.45) is -0.949. The van der Waals surface area contributed by atoms with Crippen LogP contribution in [0.1, 0.15) is 18.4 Å². The molecule has 6 heteroatoms. The lowest BCUT2D eigenvalue weighted by molar-refractivity contribution is -0.149. The first-order chi connectivity index (χ1) is 9.67. The maximum absolute atomic E-state index is 11.7. The summed E-state index contributed by atoms with van der Waals surface area (Å²) in [6, 6.07) is 9.41. The van der Waals surface area contributed by atoms with Gasteiger partial charge in [0.15, 0.2) is 0 Å². The van der Waals surface area contributed by atoms with Crippen molar-refractivity contribution in [3.63, 3.8) is 0 Å². The fourth-order valence-corrected chi connectivity index (χ4v) is 2.29. The second-order valence-electron chi connectivity index (χ2n) is 4.47. The zero-order chi connectivity index (χ0) is 14.4. The molecule has 20 heavy (non-hydrogen) atoms. The lowest BCUT2D eigenvalue weighted by Crippen LogP contribution is -2.36. The Kier molecular flexibility index (Phi) is 5.40. The molecule has 0 amide bonds. The summed E-state index contributed by atoms with van der Waals surface area (Å²) >= 11 is 3.24. The van der Waals surface area contributed by atoms with Crippen molar-refractivity contribution in [1.82, 2.24) is 0 Å². The molecule has 1 aromatic rings. The Morgan fingerprint density at radius 3 is 2.65 bits per heavy atom. The van der Waals surface area contributed by atoms with Crippen molar-refractivity contribution in [2.45, 2.75) is 31.7 Å². The average Bonchev–Trinajstić information content (AvgIpc) is 2.45. The molecule has 0 radical (unpaired) electrons. The monoisotopic (exact) mass is 342 g/mol. The summed E-state index contributed by atoms with van der Waals surface area (Å²) in [7, 11) is 0. The van der Waals surface area contributed by atoms with E-state index in [2.05, 4.69) is 15.9 Å². The number of rotatable bonds is 5. The van der Waals surface area contributed by atoms with Crippen molar-refractivity contribution >= 4 is 28.1 Å². The van der Waals surface area contributed by atoms with Crippen molar-refractivity contribution < 1.29 is 23.8 Å². The summed E-state index contributed by atoms with van der Waals surface area (Å²) in [5, 5.41) is 0.525. The predicted octanol–water partition coefficient (Wildman–Crippen LogP) is 2.81. The fraction of sp³-hybridized carbons (Fsp3) is 0.429. The molecule has 5 nitrogen and oxygen atoms in total. The van der Waals surface area contributed by atoms with Gasteiger partial charge in [0.2, 0.25) is 0 Å². The minimum atomic E-state index is -0.735. The highest BCUT2D eigenvalue weighted by Crippen LogP contribution is 2.20. The third-order valence-corrected chi connectivity index (χ3v) is 3.58. The number of ether oxygens (including phenoxy) is 3. The first-order valence-electron chi connectivity index (χ1n) is 6.30. The molecular weight excluding hydrogens is 328 g/mol. The molecule has 108 valence electrons. The van der Waals surface area contributed by atoms with Crippen molar-refractivity contribution in [3.05, 3.63) is 35.9 Å². The van der Waals surface area contributed by atoms with Crippen LogP contribution in [0.3, 0.4) is 0 Å². The molecule has 0 unspecified atom stereocenters. The van der Waals surface area contributed by atoms with Gasteiger partial charge in [0.05, 0.1) is 6.42 Å². The molecule has 2 rings (SSSR count). The summed E-state index contributed by atoms with van der Waals surface area (Å²) in [4.78, 5) is 22.9. The van der Waals surface area contributed by atoms with Gasteiger partial charge < -0.3 is 14.2 Å². The molecule has 1 fully saturated rings. The van der Waals surface area contributed by atoms with Crippen molar-refractivity contribution in [2.75, 3.05) is 5.33 Å². The number of carbonyl (C=O) groups is 2. The quantitative estimate of drug-likeness (QED) is 0.608.